The summed E-state index contributed by atoms with van der Waals surface area (Å²) in [5, 5.41) is 2.00. The molecule has 0 radical (unpaired) electrons. The molecule has 0 aliphatic rings. The van der Waals surface area contributed by atoms with E-state index >= 15 is 0 Å². The number of thiophene rings is 1. The molecule has 0 aromatic carbocycles. The number of amides is 1. The molecule has 17 heavy (non-hydrogen) atoms. The summed E-state index contributed by atoms with van der Waals surface area (Å²) in [6, 6.07) is 3.97. The molecule has 1 aromatic rings. The zero-order valence-corrected chi connectivity index (χ0v) is 11.1. The molecule has 1 unspecified atom stereocenters. The molecule has 1 amide bonds. The molecule has 0 aliphatic carbocycles. The van der Waals surface area contributed by atoms with E-state index in [1.54, 1.807) is 25.3 Å². The Hall–Kier alpha value is -1.36. The predicted molar refractivity (Wildman–Crippen MR) is 66.9 cm³/mol. The SMILES string of the molecule is CCOC(=O)C(=O)N(C)C(C)Cc1cccs1. The molecule has 5 heteroatoms. The van der Waals surface area contributed by atoms with Crippen LogP contribution < -0.4 is 0 Å². The Labute approximate surface area is 105 Å². The van der Waals surface area contributed by atoms with Crippen molar-refractivity contribution in [3.63, 3.8) is 0 Å². The molecular weight excluding hydrogens is 238 g/mol. The van der Waals surface area contributed by atoms with E-state index in [1.807, 2.05) is 24.4 Å². The smallest absolute Gasteiger partial charge is 0.397 e. The maximum absolute atomic E-state index is 11.7. The van der Waals surface area contributed by atoms with Crippen molar-refractivity contribution in [3.8, 4) is 0 Å². The summed E-state index contributed by atoms with van der Waals surface area (Å²) in [5.41, 5.74) is 0. The number of rotatable bonds is 4. The van der Waals surface area contributed by atoms with E-state index in [1.165, 1.54) is 9.78 Å². The summed E-state index contributed by atoms with van der Waals surface area (Å²) in [6.45, 7) is 3.81. The largest absolute Gasteiger partial charge is 0.459 e. The number of hydrogen-bond acceptors (Lipinski definition) is 4. The van der Waals surface area contributed by atoms with Crippen LogP contribution in [0.25, 0.3) is 0 Å². The number of hydrogen-bond donors (Lipinski definition) is 0. The zero-order valence-electron chi connectivity index (χ0n) is 10.3. The van der Waals surface area contributed by atoms with Gasteiger partial charge in [-0.2, -0.15) is 0 Å². The second kappa shape index (κ2) is 6.39. The lowest BCUT2D eigenvalue weighted by Crippen LogP contribution is -2.41. The highest BCUT2D eigenvalue weighted by atomic mass is 32.1. The fraction of sp³-hybridized carbons (Fsp3) is 0.500. The van der Waals surface area contributed by atoms with E-state index in [9.17, 15) is 9.59 Å². The zero-order chi connectivity index (χ0) is 12.8. The van der Waals surface area contributed by atoms with Crippen LogP contribution in [-0.4, -0.2) is 36.5 Å². The molecule has 0 saturated heterocycles. The number of likely N-dealkylation sites (N-methyl/N-ethyl adjacent to an activating group) is 1. The first kappa shape index (κ1) is 13.7. The maximum atomic E-state index is 11.7. The van der Waals surface area contributed by atoms with Crippen molar-refractivity contribution in [2.75, 3.05) is 13.7 Å². The van der Waals surface area contributed by atoms with Crippen molar-refractivity contribution in [2.24, 2.45) is 0 Å². The summed E-state index contributed by atoms with van der Waals surface area (Å²) in [4.78, 5) is 25.6. The van der Waals surface area contributed by atoms with Crippen LogP contribution in [0, 0.1) is 0 Å². The van der Waals surface area contributed by atoms with E-state index in [-0.39, 0.29) is 12.6 Å². The number of carbonyl (C=O) groups is 2. The molecule has 1 rings (SSSR count). The van der Waals surface area contributed by atoms with Gasteiger partial charge in [0, 0.05) is 24.4 Å². The topological polar surface area (TPSA) is 46.6 Å². The van der Waals surface area contributed by atoms with E-state index in [0.717, 1.165) is 6.42 Å². The maximum Gasteiger partial charge on any atom is 0.397 e. The molecule has 1 aromatic heterocycles. The number of carbonyl (C=O) groups excluding carboxylic acids is 2. The normalized spacial score (nSPS) is 11.9. The lowest BCUT2D eigenvalue weighted by atomic mass is 10.2. The van der Waals surface area contributed by atoms with Gasteiger partial charge in [-0.1, -0.05) is 6.07 Å². The quantitative estimate of drug-likeness (QED) is 0.607. The molecule has 94 valence electrons. The van der Waals surface area contributed by atoms with E-state index in [0.29, 0.717) is 0 Å². The van der Waals surface area contributed by atoms with Gasteiger partial charge in [0.25, 0.3) is 0 Å². The van der Waals surface area contributed by atoms with Gasteiger partial charge in [0.1, 0.15) is 0 Å². The molecule has 0 spiro atoms. The number of nitrogens with zero attached hydrogens (tertiary/aromatic N) is 1. The second-order valence-electron chi connectivity index (χ2n) is 3.77. The minimum atomic E-state index is -0.784. The van der Waals surface area contributed by atoms with Gasteiger partial charge in [0.05, 0.1) is 6.61 Å². The second-order valence-corrected chi connectivity index (χ2v) is 4.80. The highest BCUT2D eigenvalue weighted by Gasteiger charge is 2.24. The third-order valence-electron chi connectivity index (χ3n) is 2.51. The highest BCUT2D eigenvalue weighted by Crippen LogP contribution is 2.13. The summed E-state index contributed by atoms with van der Waals surface area (Å²) >= 11 is 1.64. The van der Waals surface area contributed by atoms with E-state index < -0.39 is 11.9 Å². The Morgan fingerprint density at radius 1 is 1.53 bits per heavy atom. The van der Waals surface area contributed by atoms with Crippen molar-refractivity contribution in [1.29, 1.82) is 0 Å². The molecule has 4 nitrogen and oxygen atoms in total. The molecule has 0 N–H and O–H groups in total. The van der Waals surface area contributed by atoms with Gasteiger partial charge in [0.15, 0.2) is 0 Å². The van der Waals surface area contributed by atoms with Gasteiger partial charge in [0.2, 0.25) is 0 Å². The first-order valence-corrected chi connectivity index (χ1v) is 6.40. The van der Waals surface area contributed by atoms with Crippen molar-refractivity contribution in [1.82, 2.24) is 4.90 Å². The van der Waals surface area contributed by atoms with Crippen molar-refractivity contribution >= 4 is 23.2 Å². The van der Waals surface area contributed by atoms with Crippen LogP contribution >= 0.6 is 11.3 Å². The number of ether oxygens (including phenoxy) is 1. The monoisotopic (exact) mass is 255 g/mol. The van der Waals surface area contributed by atoms with Crippen molar-refractivity contribution < 1.29 is 14.3 Å². The van der Waals surface area contributed by atoms with E-state index in [2.05, 4.69) is 4.74 Å². The van der Waals surface area contributed by atoms with Gasteiger partial charge in [-0.25, -0.2) is 4.79 Å². The highest BCUT2D eigenvalue weighted by molar-refractivity contribution is 7.09. The Kier molecular flexibility index (Phi) is 5.15. The first-order chi connectivity index (χ1) is 8.06. The average molecular weight is 255 g/mol. The van der Waals surface area contributed by atoms with E-state index in [4.69, 9.17) is 0 Å². The third kappa shape index (κ3) is 3.85. The fourth-order valence-electron chi connectivity index (χ4n) is 1.39. The van der Waals surface area contributed by atoms with Crippen LogP contribution in [0.1, 0.15) is 18.7 Å². The average Bonchev–Trinajstić information content (AvgIpc) is 2.80. The Balaban J connectivity index is 2.54. The van der Waals surface area contributed by atoms with Gasteiger partial charge >= 0.3 is 11.9 Å². The van der Waals surface area contributed by atoms with Crippen LogP contribution in [0.2, 0.25) is 0 Å². The van der Waals surface area contributed by atoms with Crippen LogP contribution in [0.3, 0.4) is 0 Å². The Morgan fingerprint density at radius 3 is 2.76 bits per heavy atom. The van der Waals surface area contributed by atoms with Gasteiger partial charge in [-0.15, -0.1) is 11.3 Å². The summed E-state index contributed by atoms with van der Waals surface area (Å²) < 4.78 is 4.68. The fourth-order valence-corrected chi connectivity index (χ4v) is 2.22. The number of esters is 1. The molecule has 0 bridgehead atoms. The molecule has 0 aliphatic heterocycles. The molecule has 0 fully saturated rings. The summed E-state index contributed by atoms with van der Waals surface area (Å²) in [6.07, 6.45) is 0.749. The van der Waals surface area contributed by atoms with Crippen LogP contribution in [0.15, 0.2) is 17.5 Å². The minimum Gasteiger partial charge on any atom is -0.459 e. The lowest BCUT2D eigenvalue weighted by Gasteiger charge is -2.23. The molecular formula is C12H17NO3S. The van der Waals surface area contributed by atoms with Gasteiger partial charge in [-0.05, 0) is 25.3 Å². The van der Waals surface area contributed by atoms with Gasteiger partial charge < -0.3 is 9.64 Å². The molecule has 1 atom stereocenters. The summed E-state index contributed by atoms with van der Waals surface area (Å²) in [5.74, 6) is -1.37. The van der Waals surface area contributed by atoms with Crippen LogP contribution in [-0.2, 0) is 20.7 Å². The molecule has 0 saturated carbocycles. The molecule has 1 heterocycles. The van der Waals surface area contributed by atoms with Gasteiger partial charge in [-0.3, -0.25) is 4.79 Å². The Bertz CT molecular complexity index is 375. The Morgan fingerprint density at radius 2 is 2.24 bits per heavy atom. The van der Waals surface area contributed by atoms with Crippen LogP contribution in [0.5, 0.6) is 0 Å². The minimum absolute atomic E-state index is 0.0226. The van der Waals surface area contributed by atoms with Crippen molar-refractivity contribution in [3.05, 3.63) is 22.4 Å². The van der Waals surface area contributed by atoms with Crippen LogP contribution in [0.4, 0.5) is 0 Å². The third-order valence-corrected chi connectivity index (χ3v) is 3.41. The standard InChI is InChI=1S/C12H17NO3S/c1-4-16-12(15)11(14)13(3)9(2)8-10-6-5-7-17-10/h5-7,9H,4,8H2,1-3H3. The predicted octanol–water partition coefficient (Wildman–Crippen LogP) is 1.70. The summed E-state index contributed by atoms with van der Waals surface area (Å²) in [7, 11) is 1.62. The first-order valence-electron chi connectivity index (χ1n) is 5.52. The van der Waals surface area contributed by atoms with Crippen molar-refractivity contribution in [2.45, 2.75) is 26.3 Å². The lowest BCUT2D eigenvalue weighted by molar-refractivity contribution is -0.160.